The van der Waals surface area contributed by atoms with Gasteiger partial charge >= 0.3 is 6.18 Å². The molecule has 3 aromatic rings. The van der Waals surface area contributed by atoms with Crippen molar-refractivity contribution in [3.63, 3.8) is 0 Å². The predicted molar refractivity (Wildman–Crippen MR) is 103 cm³/mol. The number of halogens is 3. The molecule has 2 aliphatic rings. The van der Waals surface area contributed by atoms with E-state index in [1.165, 1.54) is 12.3 Å². The van der Waals surface area contributed by atoms with E-state index in [4.69, 9.17) is 0 Å². The molecule has 2 fully saturated rings. The summed E-state index contributed by atoms with van der Waals surface area (Å²) in [4.78, 5) is 21.3. The van der Waals surface area contributed by atoms with Crippen molar-refractivity contribution in [2.24, 2.45) is 11.8 Å². The Bertz CT molecular complexity index is 1060. The van der Waals surface area contributed by atoms with Crippen LogP contribution in [-0.2, 0) is 6.18 Å². The third-order valence-electron chi connectivity index (χ3n) is 5.77. The fourth-order valence-corrected chi connectivity index (χ4v) is 4.53. The van der Waals surface area contributed by atoms with Gasteiger partial charge in [-0.05, 0) is 25.1 Å². The van der Waals surface area contributed by atoms with Gasteiger partial charge in [0.25, 0.3) is 0 Å². The molecule has 5 rings (SSSR count). The van der Waals surface area contributed by atoms with Crippen LogP contribution < -0.4 is 9.80 Å². The Labute approximate surface area is 165 Å². The topological polar surface area (TPSA) is 58.0 Å². The standard InChI is InChI=1S/C20H19F3N6/c1-12-26-17-7-24-6-4-15(17)18(27-12)28-8-13-10-29(11-14(13)9-28)19-16(20(21,22)23)3-2-5-25-19/h2-7,13-14H,8-11H2,1H3. The Balaban J connectivity index is 1.39. The third-order valence-corrected chi connectivity index (χ3v) is 5.77. The van der Waals surface area contributed by atoms with Crippen molar-refractivity contribution in [2.75, 3.05) is 36.0 Å². The molecule has 0 radical (unpaired) electrons. The molecule has 0 spiro atoms. The molecule has 0 amide bonds. The SMILES string of the molecule is Cc1nc(N2CC3CN(c4ncccc4C(F)(F)F)CC3C2)c2ccncc2n1. The molecule has 0 N–H and O–H groups in total. The Kier molecular flexibility index (Phi) is 4.07. The first-order chi connectivity index (χ1) is 13.9. The molecule has 6 nitrogen and oxygen atoms in total. The van der Waals surface area contributed by atoms with E-state index < -0.39 is 11.7 Å². The lowest BCUT2D eigenvalue weighted by atomic mass is 10.0. The van der Waals surface area contributed by atoms with Gasteiger partial charge in [-0.15, -0.1) is 0 Å². The number of pyridine rings is 2. The molecular weight excluding hydrogens is 381 g/mol. The highest BCUT2D eigenvalue weighted by Gasteiger charge is 2.44. The summed E-state index contributed by atoms with van der Waals surface area (Å²) in [7, 11) is 0. The second kappa shape index (κ2) is 6.53. The number of aromatic nitrogens is 4. The van der Waals surface area contributed by atoms with Gasteiger partial charge in [-0.3, -0.25) is 4.98 Å². The molecule has 3 aromatic heterocycles. The van der Waals surface area contributed by atoms with Crippen LogP contribution in [0, 0.1) is 18.8 Å². The maximum atomic E-state index is 13.4. The Hall–Kier alpha value is -2.97. The van der Waals surface area contributed by atoms with Gasteiger partial charge < -0.3 is 9.80 Å². The van der Waals surface area contributed by atoms with Crippen LogP contribution >= 0.6 is 0 Å². The van der Waals surface area contributed by atoms with Crippen LogP contribution in [0.4, 0.5) is 24.8 Å². The summed E-state index contributed by atoms with van der Waals surface area (Å²) < 4.78 is 40.1. The van der Waals surface area contributed by atoms with E-state index in [2.05, 4.69) is 24.8 Å². The zero-order valence-electron chi connectivity index (χ0n) is 15.8. The number of alkyl halides is 3. The number of anilines is 2. The molecule has 0 aliphatic carbocycles. The second-order valence-corrected chi connectivity index (χ2v) is 7.69. The lowest BCUT2D eigenvalue weighted by Crippen LogP contribution is -2.31. The highest BCUT2D eigenvalue weighted by molar-refractivity contribution is 5.89. The average molecular weight is 400 g/mol. The smallest absolute Gasteiger partial charge is 0.355 e. The van der Waals surface area contributed by atoms with E-state index in [1.807, 2.05) is 13.0 Å². The molecule has 2 saturated heterocycles. The molecule has 9 heteroatoms. The third kappa shape index (κ3) is 3.14. The summed E-state index contributed by atoms with van der Waals surface area (Å²) in [6, 6.07) is 4.35. The number of aryl methyl sites for hydroxylation is 1. The van der Waals surface area contributed by atoms with Gasteiger partial charge in [-0.2, -0.15) is 13.2 Å². The van der Waals surface area contributed by atoms with Gasteiger partial charge in [-0.25, -0.2) is 15.0 Å². The van der Waals surface area contributed by atoms with Crippen molar-refractivity contribution >= 4 is 22.5 Å². The molecule has 2 aliphatic heterocycles. The quantitative estimate of drug-likeness (QED) is 0.658. The number of hydrogen-bond donors (Lipinski definition) is 0. The van der Waals surface area contributed by atoms with E-state index in [0.29, 0.717) is 18.9 Å². The fourth-order valence-electron chi connectivity index (χ4n) is 4.53. The van der Waals surface area contributed by atoms with Crippen LogP contribution in [0.1, 0.15) is 11.4 Å². The Morgan fingerprint density at radius 1 is 0.931 bits per heavy atom. The van der Waals surface area contributed by atoms with E-state index in [9.17, 15) is 13.2 Å². The van der Waals surface area contributed by atoms with Crippen molar-refractivity contribution in [1.82, 2.24) is 19.9 Å². The summed E-state index contributed by atoms with van der Waals surface area (Å²) >= 11 is 0. The molecular formula is C20H19F3N6. The maximum absolute atomic E-state index is 13.4. The Morgan fingerprint density at radius 3 is 2.31 bits per heavy atom. The molecule has 5 heterocycles. The molecule has 0 bridgehead atoms. The average Bonchev–Trinajstić information content (AvgIpc) is 3.26. The van der Waals surface area contributed by atoms with E-state index in [0.717, 1.165) is 35.9 Å². The van der Waals surface area contributed by atoms with Crippen molar-refractivity contribution < 1.29 is 13.2 Å². The first-order valence-corrected chi connectivity index (χ1v) is 9.50. The molecule has 29 heavy (non-hydrogen) atoms. The minimum absolute atomic E-state index is 0.0374. The van der Waals surface area contributed by atoms with Gasteiger partial charge in [0.1, 0.15) is 17.5 Å². The largest absolute Gasteiger partial charge is 0.419 e. The monoisotopic (exact) mass is 400 g/mol. The minimum Gasteiger partial charge on any atom is -0.355 e. The number of nitrogens with zero attached hydrogens (tertiary/aromatic N) is 6. The highest BCUT2D eigenvalue weighted by atomic mass is 19.4. The van der Waals surface area contributed by atoms with Crippen LogP contribution in [-0.4, -0.2) is 46.1 Å². The summed E-state index contributed by atoms with van der Waals surface area (Å²) in [5, 5.41) is 0.950. The van der Waals surface area contributed by atoms with Crippen LogP contribution in [0.25, 0.3) is 10.9 Å². The minimum atomic E-state index is -4.40. The summed E-state index contributed by atoms with van der Waals surface area (Å²) in [6.07, 6.45) is 0.475. The predicted octanol–water partition coefficient (Wildman–Crippen LogP) is 3.32. The van der Waals surface area contributed by atoms with Gasteiger partial charge in [-0.1, -0.05) is 0 Å². The van der Waals surface area contributed by atoms with Crippen LogP contribution in [0.3, 0.4) is 0 Å². The normalized spacial score (nSPS) is 21.8. The lowest BCUT2D eigenvalue weighted by Gasteiger charge is -2.25. The summed E-state index contributed by atoms with van der Waals surface area (Å²) in [5.41, 5.74) is 0.138. The van der Waals surface area contributed by atoms with E-state index in [-0.39, 0.29) is 17.7 Å². The van der Waals surface area contributed by atoms with Gasteiger partial charge in [0.05, 0.1) is 17.3 Å². The Morgan fingerprint density at radius 2 is 1.62 bits per heavy atom. The molecule has 150 valence electrons. The van der Waals surface area contributed by atoms with Crippen LogP contribution in [0.15, 0.2) is 36.8 Å². The van der Waals surface area contributed by atoms with E-state index in [1.54, 1.807) is 17.3 Å². The summed E-state index contributed by atoms with van der Waals surface area (Å²) in [5.74, 6) is 2.14. The zero-order chi connectivity index (χ0) is 20.2. The molecule has 2 unspecified atom stereocenters. The first-order valence-electron chi connectivity index (χ1n) is 9.50. The number of hydrogen-bond acceptors (Lipinski definition) is 6. The highest BCUT2D eigenvalue weighted by Crippen LogP contribution is 2.40. The molecule has 0 aromatic carbocycles. The van der Waals surface area contributed by atoms with E-state index >= 15 is 0 Å². The van der Waals surface area contributed by atoms with Crippen molar-refractivity contribution in [1.29, 1.82) is 0 Å². The number of fused-ring (bicyclic) bond motifs is 2. The van der Waals surface area contributed by atoms with Crippen molar-refractivity contribution in [3.8, 4) is 0 Å². The van der Waals surface area contributed by atoms with Crippen LogP contribution in [0.2, 0.25) is 0 Å². The first kappa shape index (κ1) is 18.1. The maximum Gasteiger partial charge on any atom is 0.419 e. The second-order valence-electron chi connectivity index (χ2n) is 7.69. The number of rotatable bonds is 2. The van der Waals surface area contributed by atoms with Crippen molar-refractivity contribution in [2.45, 2.75) is 13.1 Å². The van der Waals surface area contributed by atoms with Crippen molar-refractivity contribution in [3.05, 3.63) is 48.2 Å². The zero-order valence-corrected chi connectivity index (χ0v) is 15.8. The van der Waals surface area contributed by atoms with Gasteiger partial charge in [0, 0.05) is 55.8 Å². The lowest BCUT2D eigenvalue weighted by molar-refractivity contribution is -0.137. The summed E-state index contributed by atoms with van der Waals surface area (Å²) in [6.45, 7) is 4.48. The van der Waals surface area contributed by atoms with Gasteiger partial charge in [0.2, 0.25) is 0 Å². The molecule has 2 atom stereocenters. The molecule has 0 saturated carbocycles. The van der Waals surface area contributed by atoms with Crippen LogP contribution in [0.5, 0.6) is 0 Å². The van der Waals surface area contributed by atoms with Gasteiger partial charge in [0.15, 0.2) is 0 Å². The fraction of sp³-hybridized carbons (Fsp3) is 0.400.